The smallest absolute Gasteiger partial charge is 0.206 e. The molecule has 1 aliphatic rings. The highest BCUT2D eigenvalue weighted by atomic mass is 32.1. The molecule has 0 unspecified atom stereocenters. The lowest BCUT2D eigenvalue weighted by Gasteiger charge is -2.32. The van der Waals surface area contributed by atoms with Gasteiger partial charge in [-0.1, -0.05) is 41.7 Å². The monoisotopic (exact) mass is 338 g/mol. The zero-order valence-electron chi connectivity index (χ0n) is 13.2. The molecule has 122 valence electrons. The van der Waals surface area contributed by atoms with Crippen LogP contribution in [-0.4, -0.2) is 39.5 Å². The van der Waals surface area contributed by atoms with Gasteiger partial charge in [0.25, 0.3) is 0 Å². The van der Waals surface area contributed by atoms with Crippen LogP contribution in [0.15, 0.2) is 48.7 Å². The Hall–Kier alpha value is -2.54. The molecule has 0 atom stereocenters. The van der Waals surface area contributed by atoms with Crippen LogP contribution >= 0.6 is 11.3 Å². The Morgan fingerprint density at radius 2 is 1.79 bits per heavy atom. The molecule has 0 spiro atoms. The Balaban J connectivity index is 1.35. The minimum Gasteiger partial charge on any atom is -0.357 e. The average Bonchev–Trinajstić information content (AvgIpc) is 3.12. The zero-order valence-corrected chi connectivity index (χ0v) is 14.0. The number of hydrogen-bond donors (Lipinski definition) is 1. The molecule has 1 fully saturated rings. The van der Waals surface area contributed by atoms with E-state index in [1.807, 2.05) is 30.3 Å². The van der Waals surface area contributed by atoms with E-state index in [-0.39, 0.29) is 0 Å². The Morgan fingerprint density at radius 3 is 2.54 bits per heavy atom. The van der Waals surface area contributed by atoms with E-state index in [0.29, 0.717) is 6.04 Å². The molecule has 0 bridgehead atoms. The average molecular weight is 338 g/mol. The fraction of sp³-hybridized carbons (Fsp3) is 0.294. The Labute approximate surface area is 144 Å². The lowest BCUT2D eigenvalue weighted by atomic mass is 10.1. The van der Waals surface area contributed by atoms with Crippen LogP contribution in [0.1, 0.15) is 12.8 Å². The Kier molecular flexibility index (Phi) is 4.33. The molecular weight excluding hydrogens is 320 g/mol. The van der Waals surface area contributed by atoms with E-state index in [9.17, 15) is 0 Å². The second-order valence-electron chi connectivity index (χ2n) is 5.77. The van der Waals surface area contributed by atoms with Gasteiger partial charge < -0.3 is 10.2 Å². The Morgan fingerprint density at radius 1 is 0.958 bits per heavy atom. The van der Waals surface area contributed by atoms with Crippen LogP contribution < -0.4 is 10.2 Å². The number of rotatable bonds is 4. The second kappa shape index (κ2) is 6.92. The lowest BCUT2D eigenvalue weighted by molar-refractivity contribution is 0.521. The van der Waals surface area contributed by atoms with Crippen LogP contribution in [0, 0.1) is 0 Å². The van der Waals surface area contributed by atoms with Gasteiger partial charge in [-0.3, -0.25) is 0 Å². The van der Waals surface area contributed by atoms with E-state index in [1.54, 1.807) is 17.5 Å². The molecule has 0 amide bonds. The molecular formula is C17H18N6S. The van der Waals surface area contributed by atoms with Gasteiger partial charge in [0.1, 0.15) is 5.01 Å². The molecule has 2 aromatic heterocycles. The molecule has 1 saturated heterocycles. The van der Waals surface area contributed by atoms with Crippen LogP contribution in [0.5, 0.6) is 0 Å². The van der Waals surface area contributed by atoms with Crippen molar-refractivity contribution < 1.29 is 0 Å². The van der Waals surface area contributed by atoms with Gasteiger partial charge in [-0.15, -0.1) is 15.3 Å². The molecule has 1 aliphatic heterocycles. The summed E-state index contributed by atoms with van der Waals surface area (Å²) in [6.07, 6.45) is 3.81. The number of anilines is 2. The van der Waals surface area contributed by atoms with Crippen molar-refractivity contribution in [2.75, 3.05) is 23.3 Å². The van der Waals surface area contributed by atoms with Crippen molar-refractivity contribution in [3.8, 4) is 10.6 Å². The second-order valence-corrected chi connectivity index (χ2v) is 6.74. The van der Waals surface area contributed by atoms with Crippen LogP contribution in [0.4, 0.5) is 10.9 Å². The van der Waals surface area contributed by atoms with Crippen LogP contribution in [0.3, 0.4) is 0 Å². The van der Waals surface area contributed by atoms with Crippen molar-refractivity contribution in [3.63, 3.8) is 0 Å². The third-order valence-corrected chi connectivity index (χ3v) is 5.05. The predicted octanol–water partition coefficient (Wildman–Crippen LogP) is 3.08. The molecule has 1 aromatic carbocycles. The summed E-state index contributed by atoms with van der Waals surface area (Å²) in [5.41, 5.74) is 1.11. The summed E-state index contributed by atoms with van der Waals surface area (Å²) >= 11 is 1.61. The minimum atomic E-state index is 0.425. The Bertz CT molecular complexity index is 768. The van der Waals surface area contributed by atoms with Crippen LogP contribution in [0.25, 0.3) is 10.6 Å². The number of nitrogens with one attached hydrogen (secondary N) is 1. The van der Waals surface area contributed by atoms with Crippen molar-refractivity contribution in [1.82, 2.24) is 20.4 Å². The summed E-state index contributed by atoms with van der Waals surface area (Å²) in [7, 11) is 0. The fourth-order valence-corrected chi connectivity index (χ4v) is 3.69. The normalized spacial score (nSPS) is 15.4. The highest BCUT2D eigenvalue weighted by Crippen LogP contribution is 2.27. The molecule has 4 rings (SSSR count). The number of aromatic nitrogens is 4. The quantitative estimate of drug-likeness (QED) is 0.788. The summed E-state index contributed by atoms with van der Waals surface area (Å²) in [6, 6.07) is 14.5. The maximum Gasteiger partial charge on any atom is 0.206 e. The van der Waals surface area contributed by atoms with E-state index in [2.05, 4.69) is 42.7 Å². The van der Waals surface area contributed by atoms with Gasteiger partial charge >= 0.3 is 0 Å². The van der Waals surface area contributed by atoms with Gasteiger partial charge in [0.15, 0.2) is 5.82 Å². The van der Waals surface area contributed by atoms with Crippen LogP contribution in [0.2, 0.25) is 0 Å². The summed E-state index contributed by atoms with van der Waals surface area (Å²) in [4.78, 5) is 2.28. The molecule has 0 radical (unpaired) electrons. The number of hydrogen-bond acceptors (Lipinski definition) is 7. The van der Waals surface area contributed by atoms with Crippen molar-refractivity contribution in [2.45, 2.75) is 18.9 Å². The predicted molar refractivity (Wildman–Crippen MR) is 96.2 cm³/mol. The van der Waals surface area contributed by atoms with E-state index in [1.165, 1.54) is 0 Å². The van der Waals surface area contributed by atoms with Crippen molar-refractivity contribution >= 4 is 22.3 Å². The first kappa shape index (κ1) is 15.0. The zero-order chi connectivity index (χ0) is 16.2. The van der Waals surface area contributed by atoms with E-state index in [0.717, 1.165) is 47.5 Å². The van der Waals surface area contributed by atoms with E-state index in [4.69, 9.17) is 0 Å². The minimum absolute atomic E-state index is 0.425. The first-order valence-corrected chi connectivity index (χ1v) is 8.88. The summed E-state index contributed by atoms with van der Waals surface area (Å²) in [6.45, 7) is 1.95. The first-order chi connectivity index (χ1) is 11.9. The molecule has 7 heteroatoms. The first-order valence-electron chi connectivity index (χ1n) is 8.06. The summed E-state index contributed by atoms with van der Waals surface area (Å²) in [5, 5.41) is 22.1. The maximum absolute atomic E-state index is 4.29. The van der Waals surface area contributed by atoms with Gasteiger partial charge in [-0.25, -0.2) is 0 Å². The molecule has 6 nitrogen and oxygen atoms in total. The molecule has 0 aliphatic carbocycles. The standard InChI is InChI=1S/C17H18N6S/c1-2-5-13(6-3-1)16-21-22-17(24-16)19-14-8-11-23(12-9-14)15-7-4-10-18-20-15/h1-7,10,14H,8-9,11-12H2,(H,19,22). The number of benzene rings is 1. The topological polar surface area (TPSA) is 66.8 Å². The number of nitrogens with zero attached hydrogens (tertiary/aromatic N) is 5. The van der Waals surface area contributed by atoms with Crippen LogP contribution in [-0.2, 0) is 0 Å². The van der Waals surface area contributed by atoms with Gasteiger partial charge in [0, 0.05) is 30.9 Å². The maximum atomic E-state index is 4.29. The number of piperidine rings is 1. The molecule has 0 saturated carbocycles. The molecule has 3 aromatic rings. The molecule has 3 heterocycles. The third kappa shape index (κ3) is 3.35. The van der Waals surface area contributed by atoms with Gasteiger partial charge in [-0.2, -0.15) is 5.10 Å². The van der Waals surface area contributed by atoms with Crippen molar-refractivity contribution in [1.29, 1.82) is 0 Å². The highest BCUT2D eigenvalue weighted by molar-refractivity contribution is 7.18. The van der Waals surface area contributed by atoms with E-state index >= 15 is 0 Å². The van der Waals surface area contributed by atoms with E-state index < -0.39 is 0 Å². The molecule has 1 N–H and O–H groups in total. The van der Waals surface area contributed by atoms with Gasteiger partial charge in [0.05, 0.1) is 0 Å². The fourth-order valence-electron chi connectivity index (χ4n) is 2.87. The SMILES string of the molecule is c1ccc(-c2nnc(NC3CCN(c4cccnn4)CC3)s2)cc1. The largest absolute Gasteiger partial charge is 0.357 e. The third-order valence-electron chi connectivity index (χ3n) is 4.15. The van der Waals surface area contributed by atoms with Crippen molar-refractivity contribution in [3.05, 3.63) is 48.7 Å². The summed E-state index contributed by atoms with van der Waals surface area (Å²) in [5.74, 6) is 0.957. The lowest BCUT2D eigenvalue weighted by Crippen LogP contribution is -2.39. The highest BCUT2D eigenvalue weighted by Gasteiger charge is 2.21. The summed E-state index contributed by atoms with van der Waals surface area (Å²) < 4.78 is 0. The molecule has 24 heavy (non-hydrogen) atoms. The van der Waals surface area contributed by atoms with Crippen molar-refractivity contribution in [2.24, 2.45) is 0 Å². The van der Waals surface area contributed by atoms with Gasteiger partial charge in [-0.05, 0) is 25.0 Å². The van der Waals surface area contributed by atoms with Gasteiger partial charge in [0.2, 0.25) is 5.13 Å².